The van der Waals surface area contributed by atoms with Crippen LogP contribution >= 0.6 is 0 Å². The van der Waals surface area contributed by atoms with E-state index in [-0.39, 0.29) is 5.91 Å². The van der Waals surface area contributed by atoms with Crippen molar-refractivity contribution in [3.05, 3.63) is 53.6 Å². The third-order valence-electron chi connectivity index (χ3n) is 3.74. The molecule has 0 aliphatic carbocycles. The number of hydrogen-bond donors (Lipinski definition) is 1. The summed E-state index contributed by atoms with van der Waals surface area (Å²) in [6.45, 7) is 3.32. The number of aromatic nitrogens is 2. The highest BCUT2D eigenvalue weighted by Gasteiger charge is 2.18. The summed E-state index contributed by atoms with van der Waals surface area (Å²) in [6.07, 6.45) is 2.75. The van der Waals surface area contributed by atoms with Crippen LogP contribution in [0.1, 0.15) is 21.9 Å². The lowest BCUT2D eigenvalue weighted by Gasteiger charge is -2.15. The molecule has 5 nitrogen and oxygen atoms in total. The van der Waals surface area contributed by atoms with Crippen LogP contribution in [0.25, 0.3) is 0 Å². The maximum Gasteiger partial charge on any atom is 0.274 e. The zero-order valence-electron chi connectivity index (χ0n) is 12.2. The first kappa shape index (κ1) is 13.8. The third-order valence-corrected chi connectivity index (χ3v) is 3.74. The van der Waals surface area contributed by atoms with Gasteiger partial charge in [0.1, 0.15) is 11.5 Å². The lowest BCUT2D eigenvalue weighted by Crippen LogP contribution is -2.26. The molecule has 1 amide bonds. The van der Waals surface area contributed by atoms with Gasteiger partial charge < -0.3 is 14.8 Å². The molecule has 0 radical (unpaired) electrons. The summed E-state index contributed by atoms with van der Waals surface area (Å²) in [5, 5.41) is 3.33. The molecule has 1 N–H and O–H groups in total. The fourth-order valence-electron chi connectivity index (χ4n) is 2.60. The molecule has 0 unspecified atom stereocenters. The summed E-state index contributed by atoms with van der Waals surface area (Å²) in [4.78, 5) is 18.7. The molecular weight excluding hydrogens is 264 g/mol. The number of benzene rings is 1. The molecule has 110 valence electrons. The number of rotatable bonds is 3. The molecule has 0 bridgehead atoms. The van der Waals surface area contributed by atoms with Gasteiger partial charge in [0.25, 0.3) is 5.91 Å². The Balaban J connectivity index is 1.73. The van der Waals surface area contributed by atoms with E-state index in [1.807, 2.05) is 43.6 Å². The van der Waals surface area contributed by atoms with Crippen LogP contribution in [-0.4, -0.2) is 40.5 Å². The van der Waals surface area contributed by atoms with Crippen molar-refractivity contribution in [2.24, 2.45) is 0 Å². The van der Waals surface area contributed by atoms with E-state index >= 15 is 0 Å². The number of nitrogens with zero attached hydrogens (tertiary/aromatic N) is 3. The van der Waals surface area contributed by atoms with E-state index in [1.54, 1.807) is 4.90 Å². The van der Waals surface area contributed by atoms with Gasteiger partial charge in [-0.3, -0.25) is 4.79 Å². The minimum absolute atomic E-state index is 0.0209. The van der Waals surface area contributed by atoms with Crippen LogP contribution in [0.15, 0.2) is 36.5 Å². The van der Waals surface area contributed by atoms with E-state index < -0.39 is 0 Å². The van der Waals surface area contributed by atoms with Crippen LogP contribution in [0.5, 0.6) is 0 Å². The van der Waals surface area contributed by atoms with Gasteiger partial charge in [-0.05, 0) is 5.56 Å². The standard InChI is InChI=1S/C16H20N4O/c1-19(11-13-5-3-2-4-6-13)16(21)14-12-20-10-9-17-8-7-15(20)18-14/h2-6,12,17H,7-11H2,1H3. The van der Waals surface area contributed by atoms with Gasteiger partial charge in [0, 0.05) is 45.8 Å². The molecular formula is C16H20N4O. The monoisotopic (exact) mass is 284 g/mol. The molecule has 0 saturated carbocycles. The van der Waals surface area contributed by atoms with Gasteiger partial charge in [0.15, 0.2) is 0 Å². The number of nitrogens with one attached hydrogen (secondary N) is 1. The van der Waals surface area contributed by atoms with Crippen LogP contribution in [0.4, 0.5) is 0 Å². The van der Waals surface area contributed by atoms with Crippen molar-refractivity contribution in [1.29, 1.82) is 0 Å². The van der Waals surface area contributed by atoms with Crippen LogP contribution in [0, 0.1) is 0 Å². The number of carbonyl (C=O) groups excluding carboxylic acids is 1. The van der Waals surface area contributed by atoms with Gasteiger partial charge >= 0.3 is 0 Å². The largest absolute Gasteiger partial charge is 0.336 e. The summed E-state index contributed by atoms with van der Waals surface area (Å²) >= 11 is 0. The highest BCUT2D eigenvalue weighted by Crippen LogP contribution is 2.10. The topological polar surface area (TPSA) is 50.2 Å². The zero-order valence-corrected chi connectivity index (χ0v) is 12.2. The number of imidazole rings is 1. The maximum atomic E-state index is 12.5. The molecule has 5 heteroatoms. The Labute approximate surface area is 124 Å². The fourth-order valence-corrected chi connectivity index (χ4v) is 2.60. The summed E-state index contributed by atoms with van der Waals surface area (Å²) in [5.41, 5.74) is 1.67. The van der Waals surface area contributed by atoms with Gasteiger partial charge in [-0.25, -0.2) is 4.98 Å². The zero-order chi connectivity index (χ0) is 14.7. The predicted molar refractivity (Wildman–Crippen MR) is 81.0 cm³/mol. The second kappa shape index (κ2) is 6.10. The quantitative estimate of drug-likeness (QED) is 0.924. The predicted octanol–water partition coefficient (Wildman–Crippen LogP) is 1.30. The minimum atomic E-state index is -0.0209. The number of fused-ring (bicyclic) bond motifs is 1. The van der Waals surface area contributed by atoms with Gasteiger partial charge in [-0.1, -0.05) is 30.3 Å². The smallest absolute Gasteiger partial charge is 0.274 e. The van der Waals surface area contributed by atoms with Crippen molar-refractivity contribution in [3.63, 3.8) is 0 Å². The molecule has 21 heavy (non-hydrogen) atoms. The Bertz CT molecular complexity index is 597. The number of hydrogen-bond acceptors (Lipinski definition) is 3. The highest BCUT2D eigenvalue weighted by atomic mass is 16.2. The normalized spacial score (nSPS) is 14.3. The molecule has 0 fully saturated rings. The highest BCUT2D eigenvalue weighted by molar-refractivity contribution is 5.92. The Morgan fingerprint density at radius 1 is 1.33 bits per heavy atom. The molecule has 1 aromatic carbocycles. The first-order chi connectivity index (χ1) is 10.2. The van der Waals surface area contributed by atoms with Crippen molar-refractivity contribution in [2.75, 3.05) is 20.1 Å². The molecule has 1 aliphatic rings. The van der Waals surface area contributed by atoms with Crippen molar-refractivity contribution >= 4 is 5.91 Å². The average molecular weight is 284 g/mol. The number of amides is 1. The Kier molecular flexibility index (Phi) is 4.01. The Morgan fingerprint density at radius 2 is 2.14 bits per heavy atom. The van der Waals surface area contributed by atoms with Gasteiger partial charge in [-0.2, -0.15) is 0 Å². The van der Waals surface area contributed by atoms with Crippen molar-refractivity contribution < 1.29 is 4.79 Å². The molecule has 0 saturated heterocycles. The van der Waals surface area contributed by atoms with E-state index in [4.69, 9.17) is 0 Å². The van der Waals surface area contributed by atoms with Crippen molar-refractivity contribution in [2.45, 2.75) is 19.5 Å². The Morgan fingerprint density at radius 3 is 2.95 bits per heavy atom. The molecule has 1 aromatic heterocycles. The van der Waals surface area contributed by atoms with E-state index in [2.05, 4.69) is 14.9 Å². The van der Waals surface area contributed by atoms with E-state index in [9.17, 15) is 4.79 Å². The van der Waals surface area contributed by atoms with Gasteiger partial charge in [0.05, 0.1) is 0 Å². The lowest BCUT2D eigenvalue weighted by atomic mass is 10.2. The van der Waals surface area contributed by atoms with Crippen LogP contribution in [0.2, 0.25) is 0 Å². The van der Waals surface area contributed by atoms with E-state index in [0.29, 0.717) is 12.2 Å². The number of carbonyl (C=O) groups is 1. The van der Waals surface area contributed by atoms with Gasteiger partial charge in [0.2, 0.25) is 0 Å². The Hall–Kier alpha value is -2.14. The summed E-state index contributed by atoms with van der Waals surface area (Å²) in [5.74, 6) is 0.976. The first-order valence-corrected chi connectivity index (χ1v) is 7.30. The molecule has 0 atom stereocenters. The van der Waals surface area contributed by atoms with Crippen molar-refractivity contribution in [3.8, 4) is 0 Å². The van der Waals surface area contributed by atoms with E-state index in [1.165, 1.54) is 0 Å². The van der Waals surface area contributed by atoms with Crippen LogP contribution < -0.4 is 5.32 Å². The fraction of sp³-hybridized carbons (Fsp3) is 0.375. The van der Waals surface area contributed by atoms with Gasteiger partial charge in [-0.15, -0.1) is 0 Å². The average Bonchev–Trinajstić information content (AvgIpc) is 2.78. The molecule has 2 aromatic rings. The third kappa shape index (κ3) is 3.13. The second-order valence-electron chi connectivity index (χ2n) is 5.38. The molecule has 3 rings (SSSR count). The molecule has 0 spiro atoms. The summed E-state index contributed by atoms with van der Waals surface area (Å²) in [6, 6.07) is 10.0. The second-order valence-corrected chi connectivity index (χ2v) is 5.38. The lowest BCUT2D eigenvalue weighted by molar-refractivity contribution is 0.0779. The maximum absolute atomic E-state index is 12.5. The van der Waals surface area contributed by atoms with Crippen LogP contribution in [-0.2, 0) is 19.5 Å². The van der Waals surface area contributed by atoms with Crippen LogP contribution in [0.3, 0.4) is 0 Å². The minimum Gasteiger partial charge on any atom is -0.336 e. The van der Waals surface area contributed by atoms with Crippen molar-refractivity contribution in [1.82, 2.24) is 19.8 Å². The summed E-state index contributed by atoms with van der Waals surface area (Å²) < 4.78 is 2.09. The SMILES string of the molecule is CN(Cc1ccccc1)C(=O)c1cn2c(n1)CCNCC2. The summed E-state index contributed by atoms with van der Waals surface area (Å²) in [7, 11) is 1.82. The molecule has 1 aliphatic heterocycles. The van der Waals surface area contributed by atoms with E-state index in [0.717, 1.165) is 37.4 Å². The first-order valence-electron chi connectivity index (χ1n) is 7.30. The molecule has 2 heterocycles.